The number of amides is 1. The third-order valence-corrected chi connectivity index (χ3v) is 8.33. The lowest BCUT2D eigenvalue weighted by Crippen LogP contribution is -2.79. The van der Waals surface area contributed by atoms with E-state index in [9.17, 15) is 138 Å². The molecule has 0 aliphatic rings. The van der Waals surface area contributed by atoms with Gasteiger partial charge >= 0.3 is 95.1 Å². The molecule has 0 saturated carbocycles. The SMILES string of the molecule is CC(=O)OCNC(=O)c1cc(C)c(N=C=O)c(N=C=O)c1C(F)(F)C(F)(F)C(F)(F)C(F)(F)C(F)(F)C(F)(F)C(F)(F)C(F)(F)C(F)(F)C(F)(F)C(F)(F)C(F)(F)C(F)(F)C(F)(F)C(F)(F)F. The van der Waals surface area contributed by atoms with Crippen LogP contribution in [0.5, 0.6) is 0 Å². The summed E-state index contributed by atoms with van der Waals surface area (Å²) in [6.07, 6.45) is -8.01. The van der Waals surface area contributed by atoms with E-state index in [4.69, 9.17) is 0 Å². The van der Waals surface area contributed by atoms with Crippen LogP contribution >= 0.6 is 0 Å². The van der Waals surface area contributed by atoms with Gasteiger partial charge in [-0.05, 0) is 18.6 Å². The summed E-state index contributed by atoms with van der Waals surface area (Å²) in [6.45, 7) is -0.756. The van der Waals surface area contributed by atoms with Crippen molar-refractivity contribution in [2.75, 3.05) is 6.73 Å². The summed E-state index contributed by atoms with van der Waals surface area (Å²) in [5, 5.41) is 1.11. The number of esters is 1. The van der Waals surface area contributed by atoms with Crippen LogP contribution in [0.25, 0.3) is 0 Å². The molecule has 1 rings (SSSR count). The Labute approximate surface area is 344 Å². The van der Waals surface area contributed by atoms with Crippen LogP contribution in [0.1, 0.15) is 28.4 Å². The molecular weight excluding hydrogens is 1050 g/mol. The van der Waals surface area contributed by atoms with E-state index in [2.05, 4.69) is 14.7 Å². The number of halogens is 31. The number of alkyl halides is 31. The maximum Gasteiger partial charge on any atom is 0.460 e. The van der Waals surface area contributed by atoms with E-state index in [1.165, 1.54) is 0 Å². The van der Waals surface area contributed by atoms with Gasteiger partial charge in [0.25, 0.3) is 5.91 Å². The van der Waals surface area contributed by atoms with E-state index in [1.807, 2.05) is 0 Å². The summed E-state index contributed by atoms with van der Waals surface area (Å²) in [5.74, 6) is -140. The fourth-order valence-corrected chi connectivity index (χ4v) is 4.63. The number of aryl methyl sites for hydroxylation is 1. The lowest BCUT2D eigenvalue weighted by Gasteiger charge is -2.46. The molecule has 0 fully saturated rings. The van der Waals surface area contributed by atoms with Crippen molar-refractivity contribution in [3.8, 4) is 0 Å². The smallest absolute Gasteiger partial charge is 0.445 e. The molecule has 0 aromatic heterocycles. The Morgan fingerprint density at radius 3 is 1.01 bits per heavy atom. The summed E-state index contributed by atoms with van der Waals surface area (Å²) >= 11 is 0. The highest BCUT2D eigenvalue weighted by molar-refractivity contribution is 5.99. The highest BCUT2D eigenvalue weighted by Gasteiger charge is 3.01. The second kappa shape index (κ2) is 16.8. The molecule has 0 atom stereocenters. The number of aliphatic imine (C=N–C) groups is 2. The standard InChI is InChI=1S/C28H10F31N3O5/c1-7-3-9(13(66)62-6-67-8(2)65)10(12(61-5-64)11(7)60-4-63)14(29,30)15(31,32)16(33,34)17(35,36)18(37,38)19(39,40)20(41,42)21(43,44)22(45,46)23(47,48)24(49,50)25(51,52)26(53,54)27(55,56)28(57,58)59/h3H,6H2,1-2H3,(H,62,66). The van der Waals surface area contributed by atoms with Crippen molar-refractivity contribution >= 4 is 35.4 Å². The molecule has 0 aliphatic carbocycles. The van der Waals surface area contributed by atoms with E-state index >= 15 is 17.6 Å². The second-order valence-electron chi connectivity index (χ2n) is 12.5. The number of rotatable bonds is 19. The van der Waals surface area contributed by atoms with Crippen LogP contribution in [-0.2, 0) is 25.0 Å². The van der Waals surface area contributed by atoms with Crippen molar-refractivity contribution in [2.45, 2.75) is 103 Å². The molecule has 0 saturated heterocycles. The van der Waals surface area contributed by atoms with E-state index in [0.29, 0.717) is 19.9 Å². The Hall–Kier alpha value is -5.25. The molecule has 1 aromatic carbocycles. The largest absolute Gasteiger partial charge is 0.460 e. The van der Waals surface area contributed by atoms with Gasteiger partial charge in [0.1, 0.15) is 11.4 Å². The minimum Gasteiger partial charge on any atom is -0.445 e. The number of hydrogen-bond donors (Lipinski definition) is 1. The lowest BCUT2D eigenvalue weighted by molar-refractivity contribution is -0.489. The molecule has 0 radical (unpaired) electrons. The van der Waals surface area contributed by atoms with E-state index < -0.39 is 142 Å². The number of ether oxygens (including phenoxy) is 1. The van der Waals surface area contributed by atoms with Gasteiger partial charge in [0.2, 0.25) is 12.2 Å². The molecule has 0 heterocycles. The monoisotopic (exact) mass is 1060 g/mol. The maximum atomic E-state index is 15.7. The average Bonchev–Trinajstić information content (AvgIpc) is 3.14. The molecule has 0 unspecified atom stereocenters. The van der Waals surface area contributed by atoms with E-state index in [1.54, 1.807) is 0 Å². The first kappa shape index (κ1) is 59.8. The summed E-state index contributed by atoms with van der Waals surface area (Å²) in [7, 11) is 0. The predicted molar refractivity (Wildman–Crippen MR) is 145 cm³/mol. The minimum absolute atomic E-state index is 0.0800. The molecule has 1 N–H and O–H groups in total. The average molecular weight is 1060 g/mol. The van der Waals surface area contributed by atoms with E-state index in [-0.39, 0.29) is 6.08 Å². The van der Waals surface area contributed by atoms with Crippen LogP contribution < -0.4 is 5.32 Å². The molecule has 67 heavy (non-hydrogen) atoms. The third kappa shape index (κ3) is 7.92. The predicted octanol–water partition coefficient (Wildman–Crippen LogP) is 11.1. The first-order chi connectivity index (χ1) is 29.1. The number of benzene rings is 1. The van der Waals surface area contributed by atoms with Gasteiger partial charge in [0, 0.05) is 6.92 Å². The van der Waals surface area contributed by atoms with Gasteiger partial charge in [-0.1, -0.05) is 0 Å². The zero-order valence-electron chi connectivity index (χ0n) is 30.4. The fraction of sp³-hybridized carbons (Fsp3) is 0.643. The zero-order valence-corrected chi connectivity index (χ0v) is 30.4. The van der Waals surface area contributed by atoms with Crippen LogP contribution in [0.3, 0.4) is 0 Å². The van der Waals surface area contributed by atoms with Gasteiger partial charge in [0.05, 0.1) is 11.1 Å². The van der Waals surface area contributed by atoms with Crippen molar-refractivity contribution in [2.24, 2.45) is 9.98 Å². The normalized spacial score (nSPS) is 15.1. The molecule has 1 amide bonds. The lowest BCUT2D eigenvalue weighted by atomic mass is 9.82. The molecule has 8 nitrogen and oxygen atoms in total. The zero-order chi connectivity index (χ0) is 54.2. The van der Waals surface area contributed by atoms with Crippen LogP contribution in [0, 0.1) is 6.92 Å². The van der Waals surface area contributed by atoms with Gasteiger partial charge in [-0.2, -0.15) is 146 Å². The highest BCUT2D eigenvalue weighted by Crippen LogP contribution is 2.70. The molecule has 0 aliphatic heterocycles. The Balaban J connectivity index is 4.34. The van der Waals surface area contributed by atoms with Gasteiger partial charge in [0.15, 0.2) is 6.73 Å². The fourth-order valence-electron chi connectivity index (χ4n) is 4.63. The first-order valence-electron chi connectivity index (χ1n) is 15.2. The Morgan fingerprint density at radius 1 is 0.478 bits per heavy atom. The molecule has 0 bridgehead atoms. The van der Waals surface area contributed by atoms with Crippen molar-refractivity contribution < 1.29 is 160 Å². The van der Waals surface area contributed by atoms with Crippen molar-refractivity contribution in [3.05, 3.63) is 22.8 Å². The van der Waals surface area contributed by atoms with Crippen LogP contribution in [0.2, 0.25) is 0 Å². The van der Waals surface area contributed by atoms with Crippen LogP contribution in [0.15, 0.2) is 16.1 Å². The summed E-state index contributed by atoms with van der Waals surface area (Å²) in [6, 6.07) is -0.400. The first-order valence-corrected chi connectivity index (χ1v) is 15.2. The molecule has 39 heteroatoms. The van der Waals surface area contributed by atoms with Gasteiger partial charge in [-0.25, -0.2) is 9.59 Å². The summed E-state index contributed by atoms with van der Waals surface area (Å²) in [5.41, 5.74) is -11.9. The van der Waals surface area contributed by atoms with E-state index in [0.717, 1.165) is 5.32 Å². The highest BCUT2D eigenvalue weighted by atomic mass is 19.4. The maximum absolute atomic E-state index is 15.7. The molecule has 0 spiro atoms. The number of nitrogens with one attached hydrogen (secondary N) is 1. The van der Waals surface area contributed by atoms with Crippen molar-refractivity contribution in [1.29, 1.82) is 0 Å². The molecule has 1 aromatic rings. The van der Waals surface area contributed by atoms with Gasteiger partial charge in [-0.3, -0.25) is 9.59 Å². The Morgan fingerprint density at radius 2 is 0.746 bits per heavy atom. The molecule has 384 valence electrons. The number of hydrogen-bond acceptors (Lipinski definition) is 7. The van der Waals surface area contributed by atoms with Crippen molar-refractivity contribution in [3.63, 3.8) is 0 Å². The summed E-state index contributed by atoms with van der Waals surface area (Å²) < 4.78 is 441. The minimum atomic E-state index is -10.3. The molecular formula is C28H10F31N3O5. The summed E-state index contributed by atoms with van der Waals surface area (Å²) in [4.78, 5) is 49.7. The second-order valence-corrected chi connectivity index (χ2v) is 12.5. The van der Waals surface area contributed by atoms with Gasteiger partial charge < -0.3 is 10.1 Å². The van der Waals surface area contributed by atoms with Gasteiger partial charge in [-0.15, -0.1) is 0 Å². The quantitative estimate of drug-likeness (QED) is 0.0487. The van der Waals surface area contributed by atoms with Crippen LogP contribution in [-0.4, -0.2) is 114 Å². The number of isocyanates is 2. The third-order valence-electron chi connectivity index (χ3n) is 8.33. The van der Waals surface area contributed by atoms with Crippen LogP contribution in [0.4, 0.5) is 147 Å². The Kier molecular flexibility index (Phi) is 15.0. The number of carbonyl (C=O) groups is 2. The van der Waals surface area contributed by atoms with Crippen molar-refractivity contribution in [1.82, 2.24) is 5.32 Å². The number of carbonyl (C=O) groups excluding carboxylic acids is 4. The number of nitrogens with zero attached hydrogens (tertiary/aromatic N) is 2. The Bertz CT molecular complexity index is 2190. The topological polar surface area (TPSA) is 114 Å².